The van der Waals surface area contributed by atoms with Crippen molar-refractivity contribution < 1.29 is 4.74 Å². The molecule has 3 N–H and O–H groups in total. The number of benzene rings is 1. The third-order valence-corrected chi connectivity index (χ3v) is 3.49. The summed E-state index contributed by atoms with van der Waals surface area (Å²) in [6.45, 7) is 3.91. The number of nitrogens with zero attached hydrogens (tertiary/aromatic N) is 3. The Labute approximate surface area is 160 Å². The van der Waals surface area contributed by atoms with Crippen molar-refractivity contribution in [1.29, 1.82) is 0 Å². The van der Waals surface area contributed by atoms with Crippen LogP contribution in [0.5, 0.6) is 0 Å². The summed E-state index contributed by atoms with van der Waals surface area (Å²) in [5, 5.41) is 3.09. The molecule has 0 aliphatic rings. The van der Waals surface area contributed by atoms with Gasteiger partial charge in [0.25, 0.3) is 0 Å². The first kappa shape index (κ1) is 20.4. The number of aliphatic imine (C=N–C) groups is 1. The summed E-state index contributed by atoms with van der Waals surface area (Å²) in [5.74, 6) is 1.32. The maximum absolute atomic E-state index is 5.88. The molecule has 0 amide bonds. The lowest BCUT2D eigenvalue weighted by atomic mass is 10.1. The molecule has 0 bridgehead atoms. The molecule has 24 heavy (non-hydrogen) atoms. The molecule has 0 radical (unpaired) electrons. The van der Waals surface area contributed by atoms with Crippen molar-refractivity contribution >= 4 is 29.9 Å². The van der Waals surface area contributed by atoms with E-state index in [1.54, 1.807) is 13.3 Å². The van der Waals surface area contributed by atoms with Crippen LogP contribution in [0.15, 0.2) is 47.7 Å². The van der Waals surface area contributed by atoms with Crippen LogP contribution in [0.3, 0.4) is 0 Å². The zero-order valence-corrected chi connectivity index (χ0v) is 16.5. The van der Waals surface area contributed by atoms with E-state index in [9.17, 15) is 0 Å². The summed E-state index contributed by atoms with van der Waals surface area (Å²) < 4.78 is 7.17. The van der Waals surface area contributed by atoms with E-state index in [1.807, 2.05) is 19.2 Å². The van der Waals surface area contributed by atoms with Gasteiger partial charge in [0, 0.05) is 32.1 Å². The van der Waals surface area contributed by atoms with Gasteiger partial charge in [-0.05, 0) is 18.9 Å². The van der Waals surface area contributed by atoms with Gasteiger partial charge >= 0.3 is 0 Å². The highest BCUT2D eigenvalue weighted by atomic mass is 127. The zero-order chi connectivity index (χ0) is 16.5. The molecule has 0 saturated heterocycles. The Morgan fingerprint density at radius 2 is 2.12 bits per heavy atom. The van der Waals surface area contributed by atoms with Crippen molar-refractivity contribution in [2.24, 2.45) is 10.7 Å². The molecule has 1 atom stereocenters. The van der Waals surface area contributed by atoms with Gasteiger partial charge in [0.2, 0.25) is 0 Å². The Morgan fingerprint density at radius 1 is 1.38 bits per heavy atom. The number of nitrogens with two attached hydrogens (primary N) is 1. The van der Waals surface area contributed by atoms with E-state index in [4.69, 9.17) is 10.5 Å². The third kappa shape index (κ3) is 6.88. The summed E-state index contributed by atoms with van der Waals surface area (Å²) in [6.07, 6.45) is 4.74. The number of aromatic nitrogens is 2. The van der Waals surface area contributed by atoms with Crippen LogP contribution in [-0.4, -0.2) is 35.3 Å². The second-order valence-electron chi connectivity index (χ2n) is 5.47. The van der Waals surface area contributed by atoms with E-state index >= 15 is 0 Å². The van der Waals surface area contributed by atoms with Gasteiger partial charge in [-0.15, -0.1) is 24.0 Å². The molecule has 6 nitrogen and oxygen atoms in total. The summed E-state index contributed by atoms with van der Waals surface area (Å²) in [6, 6.07) is 10.5. The summed E-state index contributed by atoms with van der Waals surface area (Å²) in [4.78, 5) is 8.71. The Kier molecular flexibility index (Phi) is 9.39. The number of aryl methyl sites for hydroxylation is 2. The van der Waals surface area contributed by atoms with Gasteiger partial charge in [0.05, 0.1) is 6.61 Å². The highest BCUT2D eigenvalue weighted by molar-refractivity contribution is 14.0. The maximum Gasteiger partial charge on any atom is 0.189 e. The van der Waals surface area contributed by atoms with Crippen molar-refractivity contribution in [3.8, 4) is 0 Å². The normalized spacial score (nSPS) is 12.5. The van der Waals surface area contributed by atoms with Crippen LogP contribution in [0, 0.1) is 0 Å². The van der Waals surface area contributed by atoms with Gasteiger partial charge in [0.15, 0.2) is 5.96 Å². The number of rotatable bonds is 8. The summed E-state index contributed by atoms with van der Waals surface area (Å²) >= 11 is 0. The Morgan fingerprint density at radius 3 is 2.83 bits per heavy atom. The fraction of sp³-hybridized carbons (Fsp3) is 0.412. The Bertz CT molecular complexity index is 614. The molecule has 0 saturated carbocycles. The highest BCUT2D eigenvalue weighted by Gasteiger charge is 2.05. The number of ether oxygens (including phenoxy) is 1. The largest absolute Gasteiger partial charge is 0.383 e. The summed E-state index contributed by atoms with van der Waals surface area (Å²) in [7, 11) is 1.66. The summed E-state index contributed by atoms with van der Waals surface area (Å²) in [5.41, 5.74) is 7.19. The number of hydrogen-bond donors (Lipinski definition) is 2. The Balaban J connectivity index is 0.00000288. The smallest absolute Gasteiger partial charge is 0.189 e. The molecule has 0 aliphatic carbocycles. The van der Waals surface area contributed by atoms with E-state index in [1.165, 1.54) is 5.56 Å². The number of guanidine groups is 1. The fourth-order valence-electron chi connectivity index (χ4n) is 2.34. The molecule has 1 aromatic carbocycles. The molecule has 1 heterocycles. The van der Waals surface area contributed by atoms with Crippen molar-refractivity contribution in [3.63, 3.8) is 0 Å². The van der Waals surface area contributed by atoms with Crippen molar-refractivity contribution in [2.45, 2.75) is 32.5 Å². The van der Waals surface area contributed by atoms with E-state index in [0.717, 1.165) is 18.8 Å². The van der Waals surface area contributed by atoms with Crippen molar-refractivity contribution in [3.05, 3.63) is 54.1 Å². The molecule has 1 aromatic heterocycles. The first-order chi connectivity index (χ1) is 11.2. The van der Waals surface area contributed by atoms with Crippen molar-refractivity contribution in [1.82, 2.24) is 14.9 Å². The minimum atomic E-state index is 0. The molecule has 132 valence electrons. The molecular weight excluding hydrogens is 417 g/mol. The van der Waals surface area contributed by atoms with Crippen molar-refractivity contribution in [2.75, 3.05) is 13.7 Å². The predicted molar refractivity (Wildman–Crippen MR) is 108 cm³/mol. The lowest BCUT2D eigenvalue weighted by Crippen LogP contribution is -2.40. The number of halogens is 1. The highest BCUT2D eigenvalue weighted by Crippen LogP contribution is 2.05. The first-order valence-electron chi connectivity index (χ1n) is 7.78. The average molecular weight is 443 g/mol. The van der Waals surface area contributed by atoms with Gasteiger partial charge in [-0.25, -0.2) is 9.98 Å². The van der Waals surface area contributed by atoms with Gasteiger partial charge in [-0.3, -0.25) is 0 Å². The first-order valence-corrected chi connectivity index (χ1v) is 7.78. The van der Waals surface area contributed by atoms with Crippen LogP contribution in [0.25, 0.3) is 0 Å². The standard InChI is InChI=1S/C17H25N5O.HI/c1-14(13-23-2)21-17(18)20-12-16-19-9-11-22(16)10-8-15-6-4-3-5-7-15;/h3-7,9,11,14H,8,10,12-13H2,1-2H3,(H3,18,20,21);1H. The molecular formula is C17H26IN5O. The molecule has 0 fully saturated rings. The average Bonchev–Trinajstić information content (AvgIpc) is 2.99. The van der Waals surface area contributed by atoms with Gasteiger partial charge in [-0.2, -0.15) is 0 Å². The van der Waals surface area contributed by atoms with Crippen LogP contribution in [0.2, 0.25) is 0 Å². The lowest BCUT2D eigenvalue weighted by Gasteiger charge is -2.13. The number of nitrogens with one attached hydrogen (secondary N) is 1. The zero-order valence-electron chi connectivity index (χ0n) is 14.2. The van der Waals surface area contributed by atoms with Crippen LogP contribution >= 0.6 is 24.0 Å². The number of imidazole rings is 1. The Hall–Kier alpha value is -1.61. The van der Waals surface area contributed by atoms with Crippen LogP contribution in [-0.2, 0) is 24.2 Å². The molecule has 0 spiro atoms. The van der Waals surface area contributed by atoms with Gasteiger partial charge in [-0.1, -0.05) is 30.3 Å². The molecule has 0 aliphatic heterocycles. The van der Waals surface area contributed by atoms with Crippen LogP contribution in [0.1, 0.15) is 18.3 Å². The lowest BCUT2D eigenvalue weighted by molar-refractivity contribution is 0.179. The van der Waals surface area contributed by atoms with E-state index in [0.29, 0.717) is 19.1 Å². The molecule has 1 unspecified atom stereocenters. The molecule has 2 rings (SSSR count). The number of hydrogen-bond acceptors (Lipinski definition) is 3. The van der Waals surface area contributed by atoms with E-state index in [2.05, 4.69) is 44.1 Å². The van der Waals surface area contributed by atoms with Crippen LogP contribution < -0.4 is 11.1 Å². The molecule has 7 heteroatoms. The second-order valence-corrected chi connectivity index (χ2v) is 5.47. The topological polar surface area (TPSA) is 77.5 Å². The SMILES string of the molecule is COCC(C)NC(N)=NCc1nccn1CCc1ccccc1.I. The maximum atomic E-state index is 5.88. The van der Waals surface area contributed by atoms with Crippen LogP contribution in [0.4, 0.5) is 0 Å². The third-order valence-electron chi connectivity index (χ3n) is 3.49. The monoisotopic (exact) mass is 443 g/mol. The van der Waals surface area contributed by atoms with E-state index < -0.39 is 0 Å². The van der Waals surface area contributed by atoms with Gasteiger partial charge < -0.3 is 20.4 Å². The van der Waals surface area contributed by atoms with E-state index in [-0.39, 0.29) is 30.0 Å². The fourth-order valence-corrected chi connectivity index (χ4v) is 2.34. The minimum Gasteiger partial charge on any atom is -0.383 e. The number of methoxy groups -OCH3 is 1. The quantitative estimate of drug-likeness (QED) is 0.373. The predicted octanol–water partition coefficient (Wildman–Crippen LogP) is 2.18. The molecule has 2 aromatic rings. The second kappa shape index (κ2) is 11.0. The minimum absolute atomic E-state index is 0. The van der Waals surface area contributed by atoms with Gasteiger partial charge in [0.1, 0.15) is 12.4 Å².